The molecule has 0 atom stereocenters. The zero-order chi connectivity index (χ0) is 25.9. The third-order valence-corrected chi connectivity index (χ3v) is 6.33. The molecule has 2 heterocycles. The monoisotopic (exact) mass is 496 g/mol. The van der Waals surface area contributed by atoms with E-state index in [9.17, 15) is 4.79 Å². The lowest BCUT2D eigenvalue weighted by molar-refractivity contribution is -0.114. The van der Waals surface area contributed by atoms with Crippen molar-refractivity contribution in [3.63, 3.8) is 0 Å². The number of hydrazone groups is 1. The Kier molecular flexibility index (Phi) is 6.12. The average molecular weight is 497 g/mol. The summed E-state index contributed by atoms with van der Waals surface area (Å²) < 4.78 is 7.29. The third-order valence-electron chi connectivity index (χ3n) is 6.33. The first-order valence-electron chi connectivity index (χ1n) is 12.3. The maximum Gasteiger partial charge on any atom is 0.281 e. The lowest BCUT2D eigenvalue weighted by Gasteiger charge is -2.10. The van der Waals surface area contributed by atoms with Gasteiger partial charge in [0.25, 0.3) is 5.91 Å². The first-order chi connectivity index (χ1) is 18.7. The molecule has 0 unspecified atom stereocenters. The molecule has 0 saturated heterocycles. The number of nitrogens with zero attached hydrogens (tertiary/aromatic N) is 4. The highest BCUT2D eigenvalue weighted by Crippen LogP contribution is 2.32. The summed E-state index contributed by atoms with van der Waals surface area (Å²) in [6.45, 7) is 0. The first-order valence-corrected chi connectivity index (χ1v) is 12.3. The molecule has 0 radical (unpaired) electrons. The largest absolute Gasteiger partial charge is 0.497 e. The second-order valence-corrected chi connectivity index (χ2v) is 8.77. The van der Waals surface area contributed by atoms with Gasteiger partial charge >= 0.3 is 0 Å². The van der Waals surface area contributed by atoms with E-state index in [0.717, 1.165) is 33.8 Å². The van der Waals surface area contributed by atoms with Crippen molar-refractivity contribution < 1.29 is 9.53 Å². The summed E-state index contributed by atoms with van der Waals surface area (Å²) >= 11 is 0. The Labute approximate surface area is 220 Å². The molecular weight excluding hydrogens is 472 g/mol. The van der Waals surface area contributed by atoms with Crippen LogP contribution in [0.5, 0.6) is 5.75 Å². The Morgan fingerprint density at radius 1 is 0.737 bits per heavy atom. The Hall–Kier alpha value is -5.23. The van der Waals surface area contributed by atoms with Crippen LogP contribution < -0.4 is 9.75 Å². The maximum atomic E-state index is 13.8. The van der Waals surface area contributed by atoms with E-state index in [1.54, 1.807) is 7.11 Å². The van der Waals surface area contributed by atoms with Gasteiger partial charge in [0.05, 0.1) is 24.1 Å². The van der Waals surface area contributed by atoms with Gasteiger partial charge in [-0.2, -0.15) is 15.2 Å². The van der Waals surface area contributed by atoms with E-state index in [-0.39, 0.29) is 5.91 Å². The van der Waals surface area contributed by atoms with Gasteiger partial charge in [-0.1, -0.05) is 78.9 Å². The summed E-state index contributed by atoms with van der Waals surface area (Å²) in [7, 11) is 1.64. The maximum absolute atomic E-state index is 13.8. The number of hydrogen-bond donors (Lipinski definition) is 0. The van der Waals surface area contributed by atoms with Gasteiger partial charge in [0, 0.05) is 22.9 Å². The van der Waals surface area contributed by atoms with E-state index in [4.69, 9.17) is 14.9 Å². The summed E-state index contributed by atoms with van der Waals surface area (Å²) in [4.78, 5) is 13.8. The van der Waals surface area contributed by atoms with Crippen molar-refractivity contribution in [3.8, 4) is 22.7 Å². The molecule has 1 aliphatic rings. The molecule has 0 N–H and O–H groups in total. The standard InChI is InChI=1S/C32H24N4O2/c1-38-28-19-11-14-24(20-28)30-25(22-35(33-30)26-15-7-3-8-16-26)21-29-31(23-12-5-2-6-13-23)34-36(32(29)37)27-17-9-4-10-18-27/h2-22H,1H3/b29-21-. The molecule has 6 heteroatoms. The van der Waals surface area contributed by atoms with Gasteiger partial charge in [-0.3, -0.25) is 4.79 Å². The SMILES string of the molecule is COc1cccc(-c2nn(-c3ccccc3)cc2/C=C2\C(=O)N(c3ccccc3)N=C2c2ccccc2)c1. The lowest BCUT2D eigenvalue weighted by Crippen LogP contribution is -2.21. The van der Waals surface area contributed by atoms with Crippen LogP contribution in [0.4, 0.5) is 5.69 Å². The third kappa shape index (κ3) is 4.40. The predicted octanol–water partition coefficient (Wildman–Crippen LogP) is 6.38. The molecule has 0 fully saturated rings. The summed E-state index contributed by atoms with van der Waals surface area (Å²) in [5.41, 5.74) is 6.02. The smallest absolute Gasteiger partial charge is 0.281 e. The second-order valence-electron chi connectivity index (χ2n) is 8.77. The Morgan fingerprint density at radius 3 is 2.05 bits per heavy atom. The lowest BCUT2D eigenvalue weighted by atomic mass is 9.99. The molecule has 1 aromatic heterocycles. The first kappa shape index (κ1) is 23.2. The Bertz CT molecular complexity index is 1660. The molecule has 38 heavy (non-hydrogen) atoms. The van der Waals surface area contributed by atoms with Crippen LogP contribution in [0, 0.1) is 0 Å². The van der Waals surface area contributed by atoms with Crippen LogP contribution in [-0.4, -0.2) is 28.5 Å². The van der Waals surface area contributed by atoms with Gasteiger partial charge in [-0.25, -0.2) is 4.68 Å². The molecular formula is C32H24N4O2. The zero-order valence-corrected chi connectivity index (χ0v) is 20.7. The molecule has 4 aromatic carbocycles. The number of ether oxygens (including phenoxy) is 1. The second kappa shape index (κ2) is 10.0. The van der Waals surface area contributed by atoms with Crippen LogP contribution in [0.25, 0.3) is 23.0 Å². The number of benzene rings is 4. The average Bonchev–Trinajstić information content (AvgIpc) is 3.56. The number of amides is 1. The minimum atomic E-state index is -0.195. The van der Waals surface area contributed by atoms with Crippen molar-refractivity contribution in [2.75, 3.05) is 12.1 Å². The van der Waals surface area contributed by atoms with E-state index in [0.29, 0.717) is 17.0 Å². The highest BCUT2D eigenvalue weighted by atomic mass is 16.5. The molecule has 0 spiro atoms. The van der Waals surface area contributed by atoms with Gasteiger partial charge < -0.3 is 4.74 Å². The van der Waals surface area contributed by atoms with Crippen LogP contribution in [0.1, 0.15) is 11.1 Å². The van der Waals surface area contributed by atoms with Crippen LogP contribution >= 0.6 is 0 Å². The highest BCUT2D eigenvalue weighted by Gasteiger charge is 2.32. The number of carbonyl (C=O) groups is 1. The molecule has 0 saturated carbocycles. The molecule has 0 aliphatic carbocycles. The summed E-state index contributed by atoms with van der Waals surface area (Å²) in [5, 5.41) is 11.1. The van der Waals surface area contributed by atoms with Crippen LogP contribution in [-0.2, 0) is 4.79 Å². The molecule has 6 rings (SSSR count). The number of para-hydroxylation sites is 2. The quantitative estimate of drug-likeness (QED) is 0.256. The number of methoxy groups -OCH3 is 1. The number of aromatic nitrogens is 2. The number of rotatable bonds is 6. The van der Waals surface area contributed by atoms with Crippen molar-refractivity contribution in [1.82, 2.24) is 9.78 Å². The summed E-state index contributed by atoms with van der Waals surface area (Å²) in [6.07, 6.45) is 3.83. The van der Waals surface area contributed by atoms with Crippen LogP contribution in [0.3, 0.4) is 0 Å². The fourth-order valence-corrected chi connectivity index (χ4v) is 4.45. The van der Waals surface area contributed by atoms with Crippen LogP contribution in [0.2, 0.25) is 0 Å². The van der Waals surface area contributed by atoms with Crippen molar-refractivity contribution >= 4 is 23.4 Å². The number of carbonyl (C=O) groups excluding carboxylic acids is 1. The Balaban J connectivity index is 1.53. The van der Waals surface area contributed by atoms with E-state index in [2.05, 4.69) is 0 Å². The number of hydrogen-bond acceptors (Lipinski definition) is 4. The minimum Gasteiger partial charge on any atom is -0.497 e. The summed E-state index contributed by atoms with van der Waals surface area (Å²) in [5.74, 6) is 0.535. The van der Waals surface area contributed by atoms with Gasteiger partial charge in [0.15, 0.2) is 0 Å². The Morgan fingerprint density at radius 2 is 1.37 bits per heavy atom. The van der Waals surface area contributed by atoms with E-state index >= 15 is 0 Å². The minimum absolute atomic E-state index is 0.195. The molecule has 5 aromatic rings. The summed E-state index contributed by atoms with van der Waals surface area (Å²) in [6, 6.07) is 36.9. The fourth-order valence-electron chi connectivity index (χ4n) is 4.45. The van der Waals surface area contributed by atoms with Gasteiger partial charge in [0.2, 0.25) is 0 Å². The van der Waals surface area contributed by atoms with Gasteiger partial charge in [-0.05, 0) is 42.5 Å². The molecule has 0 bridgehead atoms. The van der Waals surface area contributed by atoms with Crippen molar-refractivity contribution in [3.05, 3.63) is 138 Å². The molecule has 184 valence electrons. The topological polar surface area (TPSA) is 59.7 Å². The molecule has 1 aliphatic heterocycles. The van der Waals surface area contributed by atoms with E-state index in [1.165, 1.54) is 5.01 Å². The van der Waals surface area contributed by atoms with Gasteiger partial charge in [0.1, 0.15) is 17.2 Å². The van der Waals surface area contributed by atoms with Gasteiger partial charge in [-0.15, -0.1) is 0 Å². The molecule has 1 amide bonds. The molecule has 6 nitrogen and oxygen atoms in total. The highest BCUT2D eigenvalue weighted by molar-refractivity contribution is 6.37. The van der Waals surface area contributed by atoms with E-state index in [1.807, 2.05) is 132 Å². The van der Waals surface area contributed by atoms with E-state index < -0.39 is 0 Å². The normalized spacial score (nSPS) is 14.1. The van der Waals surface area contributed by atoms with Crippen molar-refractivity contribution in [2.45, 2.75) is 0 Å². The zero-order valence-electron chi connectivity index (χ0n) is 20.7. The predicted molar refractivity (Wildman–Crippen MR) is 150 cm³/mol. The van der Waals surface area contributed by atoms with Crippen molar-refractivity contribution in [1.29, 1.82) is 0 Å². The van der Waals surface area contributed by atoms with Crippen molar-refractivity contribution in [2.24, 2.45) is 5.10 Å². The number of anilines is 1. The van der Waals surface area contributed by atoms with Crippen LogP contribution in [0.15, 0.2) is 132 Å². The fraction of sp³-hybridized carbons (Fsp3) is 0.0312.